The maximum Gasteiger partial charge on any atom is 0.253 e. The number of carbonyl (C=O) groups is 1. The Kier molecular flexibility index (Phi) is 3.14. The Morgan fingerprint density at radius 1 is 1.32 bits per heavy atom. The number of nitrogens with one attached hydrogen (secondary N) is 1. The quantitative estimate of drug-likeness (QED) is 0.844. The van der Waals surface area contributed by atoms with Crippen LogP contribution >= 0.6 is 0 Å². The summed E-state index contributed by atoms with van der Waals surface area (Å²) in [4.78, 5) is 13.6. The van der Waals surface area contributed by atoms with Gasteiger partial charge in [-0.1, -0.05) is 6.07 Å². The van der Waals surface area contributed by atoms with Crippen LogP contribution in [0.25, 0.3) is 0 Å². The molecule has 4 nitrogen and oxygen atoms in total. The molecule has 0 saturated carbocycles. The molecule has 1 amide bonds. The first-order valence-corrected chi connectivity index (χ1v) is 6.74. The molecule has 0 radical (unpaired) electrons. The van der Waals surface area contributed by atoms with Gasteiger partial charge in [0.05, 0.1) is 11.3 Å². The minimum absolute atomic E-state index is 0.0141. The molecule has 5 heteroatoms. The van der Waals surface area contributed by atoms with Gasteiger partial charge in [-0.25, -0.2) is 4.39 Å². The van der Waals surface area contributed by atoms with E-state index in [1.165, 1.54) is 12.5 Å². The first kappa shape index (κ1) is 12.4. The second kappa shape index (κ2) is 4.81. The van der Waals surface area contributed by atoms with Crippen molar-refractivity contribution in [3.05, 3.63) is 29.6 Å². The molecular formula is C14H18FN3O. The van der Waals surface area contributed by atoms with Crippen LogP contribution in [-0.2, 0) is 0 Å². The number of nitrogens with two attached hydrogens (primary N) is 1. The van der Waals surface area contributed by atoms with Crippen LogP contribution in [0.4, 0.5) is 10.1 Å². The van der Waals surface area contributed by atoms with Gasteiger partial charge in [0.15, 0.2) is 0 Å². The molecule has 3 rings (SSSR count). The first-order chi connectivity index (χ1) is 9.15. The molecule has 1 aromatic rings. The average molecular weight is 263 g/mol. The number of anilines is 1. The number of carbonyl (C=O) groups excluding carboxylic acids is 1. The van der Waals surface area contributed by atoms with E-state index in [9.17, 15) is 9.18 Å². The molecule has 2 unspecified atom stereocenters. The normalized spacial score (nSPS) is 26.3. The van der Waals surface area contributed by atoms with Crippen molar-refractivity contribution in [2.75, 3.05) is 18.0 Å². The summed E-state index contributed by atoms with van der Waals surface area (Å²) < 4.78 is 13.8. The average Bonchev–Trinajstić information content (AvgIpc) is 2.68. The summed E-state index contributed by atoms with van der Waals surface area (Å²) in [5.74, 6) is -1.23. The molecule has 3 N–H and O–H groups in total. The van der Waals surface area contributed by atoms with E-state index in [0.717, 1.165) is 25.9 Å². The summed E-state index contributed by atoms with van der Waals surface area (Å²) in [5, 5.41) is 3.56. The van der Waals surface area contributed by atoms with Crippen LogP contribution in [0.1, 0.15) is 29.6 Å². The number of benzene rings is 1. The van der Waals surface area contributed by atoms with Gasteiger partial charge in [0.2, 0.25) is 0 Å². The minimum Gasteiger partial charge on any atom is -0.369 e. The maximum atomic E-state index is 13.8. The third-order valence-corrected chi connectivity index (χ3v) is 4.10. The van der Waals surface area contributed by atoms with E-state index in [1.807, 2.05) is 0 Å². The van der Waals surface area contributed by atoms with Gasteiger partial charge in [-0.15, -0.1) is 0 Å². The highest BCUT2D eigenvalue weighted by atomic mass is 19.1. The Labute approximate surface area is 111 Å². The molecule has 2 bridgehead atoms. The fourth-order valence-electron chi connectivity index (χ4n) is 3.18. The number of nitrogens with zero attached hydrogens (tertiary/aromatic N) is 1. The highest BCUT2D eigenvalue weighted by Gasteiger charge is 2.30. The van der Waals surface area contributed by atoms with E-state index in [-0.39, 0.29) is 5.56 Å². The van der Waals surface area contributed by atoms with Gasteiger partial charge in [-0.05, 0) is 31.4 Å². The summed E-state index contributed by atoms with van der Waals surface area (Å²) >= 11 is 0. The zero-order valence-corrected chi connectivity index (χ0v) is 10.7. The molecule has 2 heterocycles. The van der Waals surface area contributed by atoms with Crippen molar-refractivity contribution in [3.8, 4) is 0 Å². The molecule has 2 fully saturated rings. The van der Waals surface area contributed by atoms with Crippen LogP contribution in [-0.4, -0.2) is 31.1 Å². The number of hydrogen-bond donors (Lipinski definition) is 2. The predicted octanol–water partition coefficient (Wildman–Crippen LogP) is 1.26. The van der Waals surface area contributed by atoms with Crippen molar-refractivity contribution in [2.45, 2.75) is 31.3 Å². The van der Waals surface area contributed by atoms with Gasteiger partial charge < -0.3 is 16.0 Å². The van der Waals surface area contributed by atoms with Crippen molar-refractivity contribution in [3.63, 3.8) is 0 Å². The molecule has 0 spiro atoms. The van der Waals surface area contributed by atoms with Gasteiger partial charge in [0.1, 0.15) is 5.82 Å². The summed E-state index contributed by atoms with van der Waals surface area (Å²) in [5.41, 5.74) is 5.96. The number of halogens is 1. The fraction of sp³-hybridized carbons (Fsp3) is 0.500. The molecule has 2 aliphatic rings. The van der Waals surface area contributed by atoms with Crippen LogP contribution in [0.15, 0.2) is 18.2 Å². The largest absolute Gasteiger partial charge is 0.369 e. The smallest absolute Gasteiger partial charge is 0.253 e. The van der Waals surface area contributed by atoms with Crippen LogP contribution in [0.5, 0.6) is 0 Å². The zero-order chi connectivity index (χ0) is 13.4. The van der Waals surface area contributed by atoms with Gasteiger partial charge in [0, 0.05) is 25.2 Å². The van der Waals surface area contributed by atoms with E-state index in [2.05, 4.69) is 10.2 Å². The maximum absolute atomic E-state index is 13.8. The molecule has 0 aromatic heterocycles. The topological polar surface area (TPSA) is 58.4 Å². The van der Waals surface area contributed by atoms with E-state index in [1.54, 1.807) is 12.1 Å². The number of primary amides is 1. The highest BCUT2D eigenvalue weighted by molar-refractivity contribution is 5.99. The first-order valence-electron chi connectivity index (χ1n) is 6.74. The van der Waals surface area contributed by atoms with E-state index in [0.29, 0.717) is 17.8 Å². The van der Waals surface area contributed by atoms with Gasteiger partial charge >= 0.3 is 0 Å². The van der Waals surface area contributed by atoms with E-state index in [4.69, 9.17) is 5.73 Å². The molecule has 19 heavy (non-hydrogen) atoms. The molecule has 2 aliphatic heterocycles. The Morgan fingerprint density at radius 2 is 2.11 bits per heavy atom. The summed E-state index contributed by atoms with van der Waals surface area (Å²) in [6.07, 6.45) is 3.37. The van der Waals surface area contributed by atoms with Crippen LogP contribution < -0.4 is 16.0 Å². The second-order valence-electron chi connectivity index (χ2n) is 5.37. The van der Waals surface area contributed by atoms with Crippen molar-refractivity contribution in [1.82, 2.24) is 5.32 Å². The summed E-state index contributed by atoms with van der Waals surface area (Å²) in [7, 11) is 0. The van der Waals surface area contributed by atoms with Crippen molar-refractivity contribution in [1.29, 1.82) is 0 Å². The number of rotatable bonds is 2. The highest BCUT2D eigenvalue weighted by Crippen LogP contribution is 2.28. The second-order valence-corrected chi connectivity index (χ2v) is 5.37. The third-order valence-electron chi connectivity index (χ3n) is 4.10. The number of hydrogen-bond acceptors (Lipinski definition) is 3. The lowest BCUT2D eigenvalue weighted by Gasteiger charge is -2.28. The monoisotopic (exact) mass is 263 g/mol. The zero-order valence-electron chi connectivity index (χ0n) is 10.7. The molecule has 2 atom stereocenters. The van der Waals surface area contributed by atoms with Crippen LogP contribution in [0.2, 0.25) is 0 Å². The Bertz CT molecular complexity index is 505. The van der Waals surface area contributed by atoms with Gasteiger partial charge in [-0.3, -0.25) is 4.79 Å². The Balaban J connectivity index is 1.93. The van der Waals surface area contributed by atoms with E-state index < -0.39 is 11.7 Å². The molecular weight excluding hydrogens is 245 g/mol. The standard InChI is InChI=1S/C14H18FN3O/c15-11-2-1-3-12(13(11)14(16)19)18-7-6-9-4-5-10(8-18)17-9/h1-3,9-10,17H,4-8H2,(H2,16,19). The van der Waals surface area contributed by atoms with Gasteiger partial charge in [0.25, 0.3) is 5.91 Å². The van der Waals surface area contributed by atoms with Crippen molar-refractivity contribution in [2.24, 2.45) is 5.73 Å². The fourth-order valence-corrected chi connectivity index (χ4v) is 3.18. The van der Waals surface area contributed by atoms with Gasteiger partial charge in [-0.2, -0.15) is 0 Å². The third kappa shape index (κ3) is 2.30. The lowest BCUT2D eigenvalue weighted by atomic mass is 10.1. The van der Waals surface area contributed by atoms with Crippen molar-refractivity contribution < 1.29 is 9.18 Å². The number of fused-ring (bicyclic) bond motifs is 2. The predicted molar refractivity (Wildman–Crippen MR) is 71.7 cm³/mol. The molecule has 1 aromatic carbocycles. The molecule has 102 valence electrons. The lowest BCUT2D eigenvalue weighted by molar-refractivity contribution is 0.0997. The van der Waals surface area contributed by atoms with Crippen LogP contribution in [0, 0.1) is 5.82 Å². The number of amides is 1. The molecule has 2 saturated heterocycles. The Morgan fingerprint density at radius 3 is 2.89 bits per heavy atom. The minimum atomic E-state index is -0.699. The van der Waals surface area contributed by atoms with E-state index >= 15 is 0 Å². The SMILES string of the molecule is NC(=O)c1c(F)cccc1N1CCC2CCC(C1)N2. The molecule has 0 aliphatic carbocycles. The van der Waals surface area contributed by atoms with Crippen molar-refractivity contribution >= 4 is 11.6 Å². The Hall–Kier alpha value is -1.62. The summed E-state index contributed by atoms with van der Waals surface area (Å²) in [6, 6.07) is 5.68. The van der Waals surface area contributed by atoms with Crippen LogP contribution in [0.3, 0.4) is 0 Å². The lowest BCUT2D eigenvalue weighted by Crippen LogP contribution is -2.36. The summed E-state index contributed by atoms with van der Waals surface area (Å²) in [6.45, 7) is 1.64.